The summed E-state index contributed by atoms with van der Waals surface area (Å²) in [6.07, 6.45) is 2.13. The number of nitrogens with zero attached hydrogens (tertiary/aromatic N) is 2. The number of likely N-dealkylation sites (N-methyl/N-ethyl adjacent to an activating group) is 1. The van der Waals surface area contributed by atoms with Gasteiger partial charge in [-0.2, -0.15) is 5.10 Å². The van der Waals surface area contributed by atoms with E-state index in [4.69, 9.17) is 16.3 Å². The topological polar surface area (TPSA) is 58.2 Å². The second kappa shape index (κ2) is 8.07. The Morgan fingerprint density at radius 2 is 2.07 bits per heavy atom. The Balaban J connectivity index is 1.48. The monoisotopic (exact) mass is 395 g/mol. The molecule has 5 nitrogen and oxygen atoms in total. The quantitative estimate of drug-likeness (QED) is 0.669. The number of amides is 1. The molecule has 0 saturated carbocycles. The lowest BCUT2D eigenvalue weighted by Gasteiger charge is -2.21. The third-order valence-corrected chi connectivity index (χ3v) is 5.35. The number of aromatic amines is 1. The standard InChI is InChI=1S/C22H22ClN3O2/c1-2-26(13-12-15-6-5-8-17(23)14-15)22(27)28-21-20-18-9-4-3-7-16(18)10-11-19(20)24-25-21/h3-9,14H,2,10-13H2,1H3,(H,24,25). The number of aromatic nitrogens is 2. The van der Waals surface area contributed by atoms with Crippen LogP contribution in [0, 0.1) is 0 Å². The van der Waals surface area contributed by atoms with E-state index in [9.17, 15) is 4.79 Å². The van der Waals surface area contributed by atoms with Gasteiger partial charge < -0.3 is 9.64 Å². The summed E-state index contributed by atoms with van der Waals surface area (Å²) in [4.78, 5) is 14.4. The molecule has 0 fully saturated rings. The Morgan fingerprint density at radius 3 is 2.89 bits per heavy atom. The molecule has 6 heteroatoms. The highest BCUT2D eigenvalue weighted by Crippen LogP contribution is 2.38. The molecule has 144 valence electrons. The van der Waals surface area contributed by atoms with Crippen molar-refractivity contribution in [2.24, 2.45) is 0 Å². The smallest absolute Gasteiger partial charge is 0.391 e. The number of aryl methyl sites for hydroxylation is 2. The maximum atomic E-state index is 12.8. The zero-order valence-electron chi connectivity index (χ0n) is 15.7. The van der Waals surface area contributed by atoms with Gasteiger partial charge in [-0.1, -0.05) is 48.0 Å². The van der Waals surface area contributed by atoms with Gasteiger partial charge in [-0.15, -0.1) is 0 Å². The van der Waals surface area contributed by atoms with E-state index < -0.39 is 0 Å². The van der Waals surface area contributed by atoms with Crippen molar-refractivity contribution in [3.05, 3.63) is 70.4 Å². The van der Waals surface area contributed by atoms with Crippen molar-refractivity contribution < 1.29 is 9.53 Å². The molecule has 0 bridgehead atoms. The summed E-state index contributed by atoms with van der Waals surface area (Å²) in [7, 11) is 0. The molecule has 4 rings (SSSR count). The van der Waals surface area contributed by atoms with Gasteiger partial charge in [0.05, 0.1) is 11.3 Å². The molecular weight excluding hydrogens is 374 g/mol. The first kappa shape index (κ1) is 18.6. The summed E-state index contributed by atoms with van der Waals surface area (Å²) in [5, 5.41) is 7.97. The summed E-state index contributed by atoms with van der Waals surface area (Å²) in [6.45, 7) is 3.06. The maximum absolute atomic E-state index is 12.8. The first-order valence-electron chi connectivity index (χ1n) is 9.52. The van der Waals surface area contributed by atoms with Crippen LogP contribution < -0.4 is 4.74 Å². The van der Waals surface area contributed by atoms with Crippen LogP contribution in [0.15, 0.2) is 48.5 Å². The average Bonchev–Trinajstić information content (AvgIpc) is 3.12. The lowest BCUT2D eigenvalue weighted by atomic mass is 9.90. The van der Waals surface area contributed by atoms with Gasteiger partial charge in [-0.25, -0.2) is 9.89 Å². The fraction of sp³-hybridized carbons (Fsp3) is 0.273. The van der Waals surface area contributed by atoms with Crippen molar-refractivity contribution in [2.45, 2.75) is 26.2 Å². The maximum Gasteiger partial charge on any atom is 0.416 e. The molecular formula is C22H22ClN3O2. The van der Waals surface area contributed by atoms with Gasteiger partial charge in [0.2, 0.25) is 5.88 Å². The molecule has 2 aromatic carbocycles. The van der Waals surface area contributed by atoms with Gasteiger partial charge in [0.25, 0.3) is 0 Å². The van der Waals surface area contributed by atoms with Crippen molar-refractivity contribution in [1.82, 2.24) is 15.1 Å². The molecule has 1 aliphatic rings. The average molecular weight is 396 g/mol. The first-order chi connectivity index (χ1) is 13.7. The summed E-state index contributed by atoms with van der Waals surface area (Å²) in [6, 6.07) is 15.9. The van der Waals surface area contributed by atoms with Crippen molar-refractivity contribution in [3.63, 3.8) is 0 Å². The van der Waals surface area contributed by atoms with Gasteiger partial charge in [-0.05, 0) is 55.0 Å². The minimum atomic E-state index is -0.376. The Kier molecular flexibility index (Phi) is 5.35. The number of halogens is 1. The number of benzene rings is 2. The fourth-order valence-corrected chi connectivity index (χ4v) is 3.83. The Bertz CT molecular complexity index is 999. The van der Waals surface area contributed by atoms with Crippen LogP contribution in [0.1, 0.15) is 23.7 Å². The van der Waals surface area contributed by atoms with Gasteiger partial charge in [0.1, 0.15) is 0 Å². The Morgan fingerprint density at radius 1 is 1.21 bits per heavy atom. The highest BCUT2D eigenvalue weighted by atomic mass is 35.5. The van der Waals surface area contributed by atoms with E-state index in [1.165, 1.54) is 5.56 Å². The lowest BCUT2D eigenvalue weighted by molar-refractivity contribution is 0.153. The zero-order valence-corrected chi connectivity index (χ0v) is 16.5. The third-order valence-electron chi connectivity index (χ3n) is 5.11. The summed E-state index contributed by atoms with van der Waals surface area (Å²) in [5.41, 5.74) is 5.28. The predicted octanol–water partition coefficient (Wildman–Crippen LogP) is 4.89. The van der Waals surface area contributed by atoms with Crippen LogP contribution in [0.3, 0.4) is 0 Å². The molecule has 1 heterocycles. The third kappa shape index (κ3) is 3.76. The van der Waals surface area contributed by atoms with E-state index in [1.54, 1.807) is 4.90 Å². The van der Waals surface area contributed by atoms with E-state index in [2.05, 4.69) is 22.3 Å². The van der Waals surface area contributed by atoms with E-state index in [0.717, 1.165) is 35.2 Å². The number of hydrogen-bond donors (Lipinski definition) is 1. The van der Waals surface area contributed by atoms with Crippen molar-refractivity contribution >= 4 is 17.7 Å². The summed E-state index contributed by atoms with van der Waals surface area (Å²) in [5.74, 6) is 0.424. The largest absolute Gasteiger partial charge is 0.416 e. The molecule has 0 atom stereocenters. The SMILES string of the molecule is CCN(CCc1cccc(Cl)c1)C(=O)Oc1[nH]nc2c1-c1ccccc1CC2. The number of ether oxygens (including phenoxy) is 1. The van der Waals surface area contributed by atoms with Crippen molar-refractivity contribution in [3.8, 4) is 17.0 Å². The number of rotatable bonds is 5. The molecule has 28 heavy (non-hydrogen) atoms. The van der Waals surface area contributed by atoms with Crippen LogP contribution in [-0.2, 0) is 19.3 Å². The minimum absolute atomic E-state index is 0.376. The van der Waals surface area contributed by atoms with Gasteiger partial charge >= 0.3 is 6.09 Å². The molecule has 0 radical (unpaired) electrons. The van der Waals surface area contributed by atoms with E-state index in [1.807, 2.05) is 43.3 Å². The molecule has 1 amide bonds. The number of H-pyrrole nitrogens is 1. The number of carbonyl (C=O) groups excluding carboxylic acids is 1. The number of nitrogens with one attached hydrogen (secondary N) is 1. The fourth-order valence-electron chi connectivity index (χ4n) is 3.62. The molecule has 0 aliphatic heterocycles. The van der Waals surface area contributed by atoms with Crippen molar-refractivity contribution in [2.75, 3.05) is 13.1 Å². The van der Waals surface area contributed by atoms with Crippen LogP contribution >= 0.6 is 11.6 Å². The van der Waals surface area contributed by atoms with E-state index >= 15 is 0 Å². The number of fused-ring (bicyclic) bond motifs is 3. The zero-order chi connectivity index (χ0) is 19.5. The first-order valence-corrected chi connectivity index (χ1v) is 9.90. The van der Waals surface area contributed by atoms with Crippen molar-refractivity contribution in [1.29, 1.82) is 0 Å². The normalized spacial score (nSPS) is 12.2. The van der Waals surface area contributed by atoms with Crippen LogP contribution in [-0.4, -0.2) is 34.3 Å². The molecule has 3 aromatic rings. The molecule has 0 unspecified atom stereocenters. The van der Waals surface area contributed by atoms with Crippen LogP contribution in [0.2, 0.25) is 5.02 Å². The van der Waals surface area contributed by atoms with Crippen LogP contribution in [0.4, 0.5) is 4.79 Å². The lowest BCUT2D eigenvalue weighted by Crippen LogP contribution is -2.35. The molecule has 0 saturated heterocycles. The summed E-state index contributed by atoms with van der Waals surface area (Å²) >= 11 is 6.04. The molecule has 1 aliphatic carbocycles. The highest BCUT2D eigenvalue weighted by Gasteiger charge is 2.25. The van der Waals surface area contributed by atoms with Crippen LogP contribution in [0.5, 0.6) is 5.88 Å². The minimum Gasteiger partial charge on any atom is -0.391 e. The molecule has 1 N–H and O–H groups in total. The van der Waals surface area contributed by atoms with Crippen LogP contribution in [0.25, 0.3) is 11.1 Å². The second-order valence-corrected chi connectivity index (χ2v) is 7.30. The van der Waals surface area contributed by atoms with Gasteiger partial charge in [0, 0.05) is 18.1 Å². The summed E-state index contributed by atoms with van der Waals surface area (Å²) < 4.78 is 5.72. The second-order valence-electron chi connectivity index (χ2n) is 6.86. The highest BCUT2D eigenvalue weighted by molar-refractivity contribution is 6.30. The van der Waals surface area contributed by atoms with E-state index in [-0.39, 0.29) is 6.09 Å². The number of carbonyl (C=O) groups is 1. The number of hydrogen-bond acceptors (Lipinski definition) is 3. The van der Waals surface area contributed by atoms with Gasteiger partial charge in [-0.3, -0.25) is 0 Å². The predicted molar refractivity (Wildman–Crippen MR) is 110 cm³/mol. The Labute approximate surface area is 169 Å². The Hall–Kier alpha value is -2.79. The molecule has 0 spiro atoms. The van der Waals surface area contributed by atoms with Gasteiger partial charge in [0.15, 0.2) is 0 Å². The van der Waals surface area contributed by atoms with E-state index in [0.29, 0.717) is 30.4 Å². The molecule has 1 aromatic heterocycles.